The highest BCUT2D eigenvalue weighted by atomic mass is 32.1. The minimum absolute atomic E-state index is 0.218. The normalized spacial score (nSPS) is 12.1. The Kier molecular flexibility index (Phi) is 5.51. The van der Waals surface area contributed by atoms with Crippen molar-refractivity contribution in [3.05, 3.63) is 54.2 Å². The van der Waals surface area contributed by atoms with Gasteiger partial charge in [-0.25, -0.2) is 4.98 Å². The summed E-state index contributed by atoms with van der Waals surface area (Å²) in [5.41, 5.74) is 0. The van der Waals surface area contributed by atoms with E-state index in [0.29, 0.717) is 18.9 Å². The Labute approximate surface area is 145 Å². The van der Waals surface area contributed by atoms with Crippen LogP contribution in [0.4, 0.5) is 0 Å². The lowest BCUT2D eigenvalue weighted by atomic mass is 10.3. The van der Waals surface area contributed by atoms with E-state index < -0.39 is 6.10 Å². The van der Waals surface area contributed by atoms with Crippen LogP contribution in [-0.2, 0) is 6.54 Å². The summed E-state index contributed by atoms with van der Waals surface area (Å²) in [6, 6.07) is 11.4. The van der Waals surface area contributed by atoms with Crippen LogP contribution in [0.2, 0.25) is 0 Å². The summed E-state index contributed by atoms with van der Waals surface area (Å²) >= 11 is 1.63. The Morgan fingerprint density at radius 2 is 1.92 bits per heavy atom. The van der Waals surface area contributed by atoms with Gasteiger partial charge in [-0.05, 0) is 42.6 Å². The van der Waals surface area contributed by atoms with Crippen molar-refractivity contribution < 1.29 is 14.6 Å². The molecule has 0 saturated heterocycles. The first-order valence-electron chi connectivity index (χ1n) is 7.85. The number of hydrogen-bond acceptors (Lipinski definition) is 5. The molecule has 0 aliphatic carbocycles. The number of aliphatic hydroxyl groups excluding tert-OH is 1. The molecular weight excluding hydrogens is 324 g/mol. The first kappa shape index (κ1) is 16.5. The summed E-state index contributed by atoms with van der Waals surface area (Å²) in [5.74, 6) is 2.39. The van der Waals surface area contributed by atoms with Gasteiger partial charge in [0.1, 0.15) is 30.0 Å². The fraction of sp³-hybridized carbons (Fsp3) is 0.278. The maximum Gasteiger partial charge on any atom is 0.150 e. The number of hydrogen-bond donors (Lipinski definition) is 1. The molecule has 2 aromatic heterocycles. The summed E-state index contributed by atoms with van der Waals surface area (Å²) < 4.78 is 13.0. The molecule has 126 valence electrons. The van der Waals surface area contributed by atoms with Gasteiger partial charge in [0.25, 0.3) is 0 Å². The maximum atomic E-state index is 10.2. The highest BCUT2D eigenvalue weighted by Gasteiger charge is 2.12. The van der Waals surface area contributed by atoms with E-state index in [4.69, 9.17) is 9.47 Å². The lowest BCUT2D eigenvalue weighted by Gasteiger charge is -2.14. The fourth-order valence-corrected chi connectivity index (χ4v) is 3.09. The predicted octanol–water partition coefficient (Wildman–Crippen LogP) is 3.45. The smallest absolute Gasteiger partial charge is 0.150 e. The Hall–Kier alpha value is -2.31. The van der Waals surface area contributed by atoms with Gasteiger partial charge in [-0.1, -0.05) is 6.07 Å². The van der Waals surface area contributed by atoms with E-state index in [9.17, 15) is 5.11 Å². The second-order valence-corrected chi connectivity index (χ2v) is 6.20. The summed E-state index contributed by atoms with van der Waals surface area (Å²) in [6.45, 7) is 3.23. The highest BCUT2D eigenvalue weighted by molar-refractivity contribution is 7.13. The summed E-state index contributed by atoms with van der Waals surface area (Å²) in [5, 5.41) is 12.3. The van der Waals surface area contributed by atoms with Crippen LogP contribution >= 0.6 is 11.3 Å². The number of aromatic nitrogens is 2. The van der Waals surface area contributed by atoms with Crippen LogP contribution in [0.1, 0.15) is 6.92 Å². The molecule has 0 fully saturated rings. The zero-order valence-electron chi connectivity index (χ0n) is 13.5. The summed E-state index contributed by atoms with van der Waals surface area (Å²) in [7, 11) is 0. The Bertz CT molecular complexity index is 738. The van der Waals surface area contributed by atoms with Gasteiger partial charge in [0.15, 0.2) is 0 Å². The zero-order valence-corrected chi connectivity index (χ0v) is 14.3. The molecule has 3 rings (SSSR count). The number of aliphatic hydroxyl groups is 1. The number of rotatable bonds is 8. The van der Waals surface area contributed by atoms with Crippen molar-refractivity contribution in [1.29, 1.82) is 0 Å². The van der Waals surface area contributed by atoms with Crippen molar-refractivity contribution in [2.24, 2.45) is 0 Å². The van der Waals surface area contributed by atoms with Gasteiger partial charge in [-0.3, -0.25) is 0 Å². The van der Waals surface area contributed by atoms with E-state index >= 15 is 0 Å². The van der Waals surface area contributed by atoms with Crippen LogP contribution in [0, 0.1) is 0 Å². The van der Waals surface area contributed by atoms with Crippen molar-refractivity contribution in [2.45, 2.75) is 19.6 Å². The Balaban J connectivity index is 1.55. The first-order chi connectivity index (χ1) is 11.8. The second-order valence-electron chi connectivity index (χ2n) is 5.25. The molecule has 5 nitrogen and oxygen atoms in total. The van der Waals surface area contributed by atoms with Crippen LogP contribution < -0.4 is 9.47 Å². The monoisotopic (exact) mass is 344 g/mol. The van der Waals surface area contributed by atoms with Crippen molar-refractivity contribution in [2.75, 3.05) is 13.2 Å². The minimum Gasteiger partial charge on any atom is -0.494 e. The first-order valence-corrected chi connectivity index (χ1v) is 8.73. The molecule has 1 N–H and O–H groups in total. The van der Waals surface area contributed by atoms with Gasteiger partial charge in [-0.2, -0.15) is 0 Å². The third kappa shape index (κ3) is 4.15. The molecule has 0 spiro atoms. The quantitative estimate of drug-likeness (QED) is 0.680. The molecule has 0 bridgehead atoms. The van der Waals surface area contributed by atoms with E-state index in [-0.39, 0.29) is 6.61 Å². The molecule has 6 heteroatoms. The van der Waals surface area contributed by atoms with Gasteiger partial charge in [0.2, 0.25) is 0 Å². The zero-order chi connectivity index (χ0) is 16.8. The van der Waals surface area contributed by atoms with Crippen LogP contribution in [0.3, 0.4) is 0 Å². The van der Waals surface area contributed by atoms with Crippen molar-refractivity contribution in [3.8, 4) is 22.2 Å². The van der Waals surface area contributed by atoms with Crippen LogP contribution in [-0.4, -0.2) is 34.0 Å². The lowest BCUT2D eigenvalue weighted by molar-refractivity contribution is 0.0928. The maximum absolute atomic E-state index is 10.2. The van der Waals surface area contributed by atoms with E-state index in [1.807, 2.05) is 59.5 Å². The predicted molar refractivity (Wildman–Crippen MR) is 94.7 cm³/mol. The van der Waals surface area contributed by atoms with E-state index in [1.54, 1.807) is 17.5 Å². The van der Waals surface area contributed by atoms with Gasteiger partial charge in [-0.15, -0.1) is 11.3 Å². The molecule has 0 aliphatic heterocycles. The lowest BCUT2D eigenvalue weighted by Crippen LogP contribution is -2.23. The molecule has 2 heterocycles. The van der Waals surface area contributed by atoms with Crippen LogP contribution in [0.25, 0.3) is 10.7 Å². The van der Waals surface area contributed by atoms with Crippen molar-refractivity contribution >= 4 is 11.3 Å². The molecule has 24 heavy (non-hydrogen) atoms. The highest BCUT2D eigenvalue weighted by Crippen LogP contribution is 2.23. The van der Waals surface area contributed by atoms with Crippen LogP contribution in [0.15, 0.2) is 54.2 Å². The number of ether oxygens (including phenoxy) is 2. The third-order valence-corrected chi connectivity index (χ3v) is 4.31. The fourth-order valence-electron chi connectivity index (χ4n) is 2.36. The minimum atomic E-state index is -0.621. The molecule has 0 amide bonds. The van der Waals surface area contributed by atoms with Crippen molar-refractivity contribution in [1.82, 2.24) is 9.55 Å². The summed E-state index contributed by atoms with van der Waals surface area (Å²) in [6.07, 6.45) is 2.99. The Morgan fingerprint density at radius 1 is 1.17 bits per heavy atom. The molecule has 0 aliphatic rings. The third-order valence-electron chi connectivity index (χ3n) is 3.44. The van der Waals surface area contributed by atoms with E-state index in [0.717, 1.165) is 16.5 Å². The Morgan fingerprint density at radius 3 is 2.58 bits per heavy atom. The van der Waals surface area contributed by atoms with Gasteiger partial charge in [0.05, 0.1) is 18.0 Å². The van der Waals surface area contributed by atoms with Gasteiger partial charge >= 0.3 is 0 Å². The molecule has 3 aromatic rings. The number of imidazole rings is 1. The average Bonchev–Trinajstić information content (AvgIpc) is 3.25. The van der Waals surface area contributed by atoms with Crippen LogP contribution in [0.5, 0.6) is 11.5 Å². The molecular formula is C18H20N2O3S. The molecule has 1 unspecified atom stereocenters. The molecule has 0 saturated carbocycles. The molecule has 1 atom stereocenters. The average molecular weight is 344 g/mol. The number of benzene rings is 1. The van der Waals surface area contributed by atoms with E-state index in [2.05, 4.69) is 4.98 Å². The van der Waals surface area contributed by atoms with Crippen molar-refractivity contribution in [3.63, 3.8) is 0 Å². The summed E-state index contributed by atoms with van der Waals surface area (Å²) in [4.78, 5) is 5.45. The second kappa shape index (κ2) is 7.99. The SMILES string of the molecule is CCOc1ccc(OCC(O)Cn2ccnc2-c2cccs2)cc1. The standard InChI is InChI=1S/C18H20N2O3S/c1-2-22-15-5-7-16(8-6-15)23-13-14(21)12-20-10-9-19-18(20)17-4-3-11-24-17/h3-11,14,21H,2,12-13H2,1H3. The number of thiophene rings is 1. The molecule has 0 radical (unpaired) electrons. The molecule has 1 aromatic carbocycles. The largest absolute Gasteiger partial charge is 0.494 e. The number of nitrogens with zero attached hydrogens (tertiary/aromatic N) is 2. The van der Waals surface area contributed by atoms with Gasteiger partial charge < -0.3 is 19.1 Å². The van der Waals surface area contributed by atoms with E-state index in [1.165, 1.54) is 0 Å². The van der Waals surface area contributed by atoms with Gasteiger partial charge in [0, 0.05) is 12.4 Å². The topological polar surface area (TPSA) is 56.5 Å².